The number of amides is 1. The summed E-state index contributed by atoms with van der Waals surface area (Å²) in [6.45, 7) is 2.11. The van der Waals surface area contributed by atoms with Gasteiger partial charge < -0.3 is 15.8 Å². The first-order valence-corrected chi connectivity index (χ1v) is 5.85. The van der Waals surface area contributed by atoms with Crippen molar-refractivity contribution < 1.29 is 18.3 Å². The van der Waals surface area contributed by atoms with E-state index in [0.29, 0.717) is 5.56 Å². The van der Waals surface area contributed by atoms with Crippen molar-refractivity contribution in [2.75, 3.05) is 11.9 Å². The van der Waals surface area contributed by atoms with E-state index < -0.39 is 12.5 Å². The van der Waals surface area contributed by atoms with Gasteiger partial charge in [0.2, 0.25) is 11.8 Å². The summed E-state index contributed by atoms with van der Waals surface area (Å²) in [6, 6.07) is 1.55. The molecule has 1 aromatic rings. The highest BCUT2D eigenvalue weighted by atomic mass is 19.3. The first kappa shape index (κ1) is 15.3. The smallest absolute Gasteiger partial charge is 0.281 e. The van der Waals surface area contributed by atoms with Crippen LogP contribution in [-0.2, 0) is 11.3 Å². The fourth-order valence-corrected chi connectivity index (χ4v) is 1.28. The third-order valence-corrected chi connectivity index (χ3v) is 2.39. The van der Waals surface area contributed by atoms with Crippen molar-refractivity contribution in [2.24, 2.45) is 5.73 Å². The van der Waals surface area contributed by atoms with Gasteiger partial charge in [-0.15, -0.1) is 0 Å². The van der Waals surface area contributed by atoms with E-state index >= 15 is 0 Å². The highest BCUT2D eigenvalue weighted by molar-refractivity contribution is 5.90. The predicted octanol–water partition coefficient (Wildman–Crippen LogP) is 1.92. The van der Waals surface area contributed by atoms with Crippen LogP contribution in [0.15, 0.2) is 12.3 Å². The fraction of sp³-hybridized carbons (Fsp3) is 0.500. The molecular weight excluding hydrogens is 256 g/mol. The lowest BCUT2D eigenvalue weighted by molar-refractivity contribution is -0.114. The van der Waals surface area contributed by atoms with Crippen molar-refractivity contribution in [3.63, 3.8) is 0 Å². The van der Waals surface area contributed by atoms with Crippen LogP contribution in [0.2, 0.25) is 0 Å². The van der Waals surface area contributed by atoms with Gasteiger partial charge in [-0.05, 0) is 11.6 Å². The molecule has 0 spiro atoms. The van der Waals surface area contributed by atoms with E-state index in [9.17, 15) is 13.6 Å². The highest BCUT2D eigenvalue weighted by Crippen LogP contribution is 2.25. The largest absolute Gasteiger partial charge is 0.470 e. The van der Waals surface area contributed by atoms with E-state index in [1.807, 2.05) is 0 Å². The number of rotatable bonds is 6. The van der Waals surface area contributed by atoms with Crippen molar-refractivity contribution in [1.82, 2.24) is 4.98 Å². The number of anilines is 1. The quantitative estimate of drug-likeness (QED) is 0.830. The molecule has 0 aromatic carbocycles. The SMILES string of the molecule is CCC(F)(F)COc1ncc(CN)cc1NC(C)=O. The van der Waals surface area contributed by atoms with Gasteiger partial charge in [0.15, 0.2) is 6.61 Å². The number of nitrogens with zero attached hydrogens (tertiary/aromatic N) is 1. The standard InChI is InChI=1S/C12H17F2N3O2/c1-3-12(13,14)7-19-11-10(17-8(2)18)4-9(5-15)6-16-11/h4,6H,3,5,7,15H2,1-2H3,(H,17,18). The van der Waals surface area contributed by atoms with Gasteiger partial charge in [-0.3, -0.25) is 4.79 Å². The molecule has 0 bridgehead atoms. The molecule has 3 N–H and O–H groups in total. The normalized spacial score (nSPS) is 11.2. The Morgan fingerprint density at radius 3 is 2.79 bits per heavy atom. The molecule has 0 fully saturated rings. The fourth-order valence-electron chi connectivity index (χ4n) is 1.28. The summed E-state index contributed by atoms with van der Waals surface area (Å²) in [5, 5.41) is 2.48. The summed E-state index contributed by atoms with van der Waals surface area (Å²) < 4.78 is 31.2. The van der Waals surface area contributed by atoms with Crippen LogP contribution >= 0.6 is 0 Å². The Bertz CT molecular complexity index is 453. The number of nitrogens with two attached hydrogens (primary N) is 1. The molecule has 5 nitrogen and oxygen atoms in total. The number of alkyl halides is 2. The maximum atomic E-state index is 13.1. The number of aromatic nitrogens is 1. The summed E-state index contributed by atoms with van der Waals surface area (Å²) in [6.07, 6.45) is 1.09. The summed E-state index contributed by atoms with van der Waals surface area (Å²) in [4.78, 5) is 14.9. The Morgan fingerprint density at radius 2 is 2.26 bits per heavy atom. The Labute approximate surface area is 110 Å². The zero-order valence-corrected chi connectivity index (χ0v) is 10.9. The summed E-state index contributed by atoms with van der Waals surface area (Å²) in [7, 11) is 0. The van der Waals surface area contributed by atoms with Crippen molar-refractivity contribution in [1.29, 1.82) is 0 Å². The monoisotopic (exact) mass is 273 g/mol. The van der Waals surface area contributed by atoms with Gasteiger partial charge in [-0.2, -0.15) is 0 Å². The average molecular weight is 273 g/mol. The van der Waals surface area contributed by atoms with E-state index in [-0.39, 0.29) is 30.4 Å². The van der Waals surface area contributed by atoms with Gasteiger partial charge in [0.05, 0.1) is 0 Å². The second-order valence-corrected chi connectivity index (χ2v) is 4.08. The number of halogens is 2. The van der Waals surface area contributed by atoms with E-state index in [0.717, 1.165) is 0 Å². The minimum Gasteiger partial charge on any atom is -0.470 e. The molecule has 0 radical (unpaired) electrons. The van der Waals surface area contributed by atoms with Crippen LogP contribution < -0.4 is 15.8 Å². The van der Waals surface area contributed by atoms with Crippen molar-refractivity contribution >= 4 is 11.6 Å². The maximum absolute atomic E-state index is 13.1. The van der Waals surface area contributed by atoms with Crippen LogP contribution in [0.4, 0.5) is 14.5 Å². The van der Waals surface area contributed by atoms with Crippen molar-refractivity contribution in [3.05, 3.63) is 17.8 Å². The molecule has 7 heteroatoms. The van der Waals surface area contributed by atoms with Crippen molar-refractivity contribution in [2.45, 2.75) is 32.7 Å². The third-order valence-electron chi connectivity index (χ3n) is 2.39. The van der Waals surface area contributed by atoms with E-state index in [2.05, 4.69) is 10.3 Å². The molecule has 1 amide bonds. The minimum absolute atomic E-state index is 0.0412. The van der Waals surface area contributed by atoms with Crippen LogP contribution in [-0.4, -0.2) is 23.4 Å². The van der Waals surface area contributed by atoms with Crippen molar-refractivity contribution in [3.8, 4) is 5.88 Å². The second kappa shape index (κ2) is 6.42. The zero-order chi connectivity index (χ0) is 14.5. The topological polar surface area (TPSA) is 77.2 Å². The lowest BCUT2D eigenvalue weighted by Crippen LogP contribution is -2.25. The Balaban J connectivity index is 2.89. The first-order valence-electron chi connectivity index (χ1n) is 5.85. The van der Waals surface area contributed by atoms with Gasteiger partial charge in [-0.25, -0.2) is 13.8 Å². The molecule has 1 rings (SSSR count). The second-order valence-electron chi connectivity index (χ2n) is 4.08. The number of carbonyl (C=O) groups is 1. The predicted molar refractivity (Wildman–Crippen MR) is 67.2 cm³/mol. The molecule has 1 heterocycles. The molecule has 1 aromatic heterocycles. The van der Waals surface area contributed by atoms with Crippen LogP contribution in [0.1, 0.15) is 25.8 Å². The van der Waals surface area contributed by atoms with Gasteiger partial charge in [0.1, 0.15) is 5.69 Å². The van der Waals surface area contributed by atoms with Gasteiger partial charge in [-0.1, -0.05) is 6.92 Å². The molecule has 0 aliphatic rings. The Kier molecular flexibility index (Phi) is 5.17. The highest BCUT2D eigenvalue weighted by Gasteiger charge is 2.28. The van der Waals surface area contributed by atoms with E-state index in [1.54, 1.807) is 6.07 Å². The minimum atomic E-state index is -2.93. The molecule has 0 aliphatic heterocycles. The van der Waals surface area contributed by atoms with Gasteiger partial charge >= 0.3 is 0 Å². The molecule has 0 saturated heterocycles. The zero-order valence-electron chi connectivity index (χ0n) is 10.9. The molecule has 0 saturated carbocycles. The van der Waals surface area contributed by atoms with E-state index in [4.69, 9.17) is 10.5 Å². The van der Waals surface area contributed by atoms with Gasteiger partial charge in [0, 0.05) is 26.1 Å². The number of pyridine rings is 1. The lowest BCUT2D eigenvalue weighted by atomic mass is 10.2. The summed E-state index contributed by atoms with van der Waals surface area (Å²) in [5.74, 6) is -3.31. The Hall–Kier alpha value is -1.76. The Morgan fingerprint density at radius 1 is 1.58 bits per heavy atom. The van der Waals surface area contributed by atoms with E-state index in [1.165, 1.54) is 20.0 Å². The molecule has 0 atom stereocenters. The maximum Gasteiger partial charge on any atom is 0.281 e. The summed E-state index contributed by atoms with van der Waals surface area (Å²) >= 11 is 0. The van der Waals surface area contributed by atoms with Crippen LogP contribution in [0, 0.1) is 0 Å². The van der Waals surface area contributed by atoms with Crippen LogP contribution in [0.3, 0.4) is 0 Å². The van der Waals surface area contributed by atoms with Gasteiger partial charge in [0.25, 0.3) is 5.92 Å². The molecular formula is C12H17F2N3O2. The summed E-state index contributed by atoms with van der Waals surface area (Å²) in [5.41, 5.74) is 6.35. The number of carbonyl (C=O) groups excluding carboxylic acids is 1. The number of nitrogens with one attached hydrogen (secondary N) is 1. The lowest BCUT2D eigenvalue weighted by Gasteiger charge is -2.16. The molecule has 0 unspecified atom stereocenters. The third kappa shape index (κ3) is 4.78. The molecule has 19 heavy (non-hydrogen) atoms. The molecule has 106 valence electrons. The van der Waals surface area contributed by atoms with Crippen LogP contribution in [0.5, 0.6) is 5.88 Å². The first-order chi connectivity index (χ1) is 8.88. The average Bonchev–Trinajstić information content (AvgIpc) is 2.36. The number of hydrogen-bond acceptors (Lipinski definition) is 4. The number of ether oxygens (including phenoxy) is 1. The van der Waals surface area contributed by atoms with Crippen LogP contribution in [0.25, 0.3) is 0 Å². The molecule has 0 aliphatic carbocycles. The number of hydrogen-bond donors (Lipinski definition) is 2.